The summed E-state index contributed by atoms with van der Waals surface area (Å²) in [4.78, 5) is 26.7. The van der Waals surface area contributed by atoms with Crippen LogP contribution in [-0.4, -0.2) is 35.8 Å². The van der Waals surface area contributed by atoms with E-state index in [4.69, 9.17) is 0 Å². The van der Waals surface area contributed by atoms with Crippen LogP contribution in [0.15, 0.2) is 24.3 Å². The zero-order chi connectivity index (χ0) is 16.1. The predicted molar refractivity (Wildman–Crippen MR) is 82.9 cm³/mol. The normalized spacial score (nSPS) is 20.2. The predicted octanol–water partition coefficient (Wildman–Crippen LogP) is 2.45. The first-order valence-corrected chi connectivity index (χ1v) is 7.92. The standard InChI is InChI=1S/C17H23FN2O2/c1-3-14(12-6-8-13(18)9-7-12)17(22)20-11-5-10-19-16(21)15(20)4-2/h6-9,14-15H,3-5,10-11H2,1-2H3,(H,19,21)/t14?,15-/m0/s1. The van der Waals surface area contributed by atoms with Crippen molar-refractivity contribution in [1.29, 1.82) is 0 Å². The maximum atomic E-state index is 13.1. The molecule has 0 radical (unpaired) electrons. The lowest BCUT2D eigenvalue weighted by atomic mass is 9.94. The molecule has 1 fully saturated rings. The maximum Gasteiger partial charge on any atom is 0.242 e. The van der Waals surface area contributed by atoms with Gasteiger partial charge >= 0.3 is 0 Å². The highest BCUT2D eigenvalue weighted by molar-refractivity contribution is 5.90. The van der Waals surface area contributed by atoms with Crippen molar-refractivity contribution in [3.05, 3.63) is 35.6 Å². The Bertz CT molecular complexity index is 530. The van der Waals surface area contributed by atoms with Crippen LogP contribution in [0.25, 0.3) is 0 Å². The topological polar surface area (TPSA) is 49.4 Å². The fourth-order valence-electron chi connectivity index (χ4n) is 2.99. The Morgan fingerprint density at radius 3 is 2.64 bits per heavy atom. The van der Waals surface area contributed by atoms with Crippen molar-refractivity contribution < 1.29 is 14.0 Å². The zero-order valence-electron chi connectivity index (χ0n) is 13.1. The molecule has 1 unspecified atom stereocenters. The van der Waals surface area contributed by atoms with Gasteiger partial charge in [0.1, 0.15) is 11.9 Å². The third kappa shape index (κ3) is 3.46. The molecule has 0 saturated carbocycles. The van der Waals surface area contributed by atoms with Crippen LogP contribution in [-0.2, 0) is 9.59 Å². The van der Waals surface area contributed by atoms with E-state index in [-0.39, 0.29) is 23.5 Å². The second-order valence-corrected chi connectivity index (χ2v) is 5.61. The third-order valence-corrected chi connectivity index (χ3v) is 4.20. The molecule has 1 N–H and O–H groups in total. The van der Waals surface area contributed by atoms with E-state index in [0.29, 0.717) is 25.9 Å². The number of rotatable bonds is 4. The Kier molecular flexibility index (Phi) is 5.52. The molecule has 2 amide bonds. The number of benzene rings is 1. The molecule has 1 heterocycles. The lowest BCUT2D eigenvalue weighted by Crippen LogP contribution is -2.48. The largest absolute Gasteiger partial charge is 0.354 e. The van der Waals surface area contributed by atoms with Crippen molar-refractivity contribution in [2.45, 2.75) is 45.1 Å². The molecule has 1 aliphatic rings. The lowest BCUT2D eigenvalue weighted by Gasteiger charge is -2.31. The van der Waals surface area contributed by atoms with E-state index in [2.05, 4.69) is 5.32 Å². The van der Waals surface area contributed by atoms with E-state index in [1.807, 2.05) is 13.8 Å². The first-order valence-electron chi connectivity index (χ1n) is 7.92. The smallest absolute Gasteiger partial charge is 0.242 e. The fourth-order valence-corrected chi connectivity index (χ4v) is 2.99. The highest BCUT2D eigenvalue weighted by Gasteiger charge is 2.33. The number of carbonyl (C=O) groups excluding carboxylic acids is 2. The Labute approximate surface area is 130 Å². The second-order valence-electron chi connectivity index (χ2n) is 5.61. The first kappa shape index (κ1) is 16.5. The van der Waals surface area contributed by atoms with Crippen LogP contribution < -0.4 is 5.32 Å². The second kappa shape index (κ2) is 7.38. The van der Waals surface area contributed by atoms with Crippen molar-refractivity contribution in [2.24, 2.45) is 0 Å². The van der Waals surface area contributed by atoms with Gasteiger partial charge in [0.2, 0.25) is 11.8 Å². The van der Waals surface area contributed by atoms with Gasteiger partial charge in [0, 0.05) is 13.1 Å². The average Bonchev–Trinajstić information content (AvgIpc) is 2.71. The van der Waals surface area contributed by atoms with Crippen LogP contribution in [0.1, 0.15) is 44.6 Å². The number of hydrogen-bond donors (Lipinski definition) is 1. The summed E-state index contributed by atoms with van der Waals surface area (Å²) in [7, 11) is 0. The summed E-state index contributed by atoms with van der Waals surface area (Å²) in [5, 5.41) is 2.85. The molecule has 4 nitrogen and oxygen atoms in total. The highest BCUT2D eigenvalue weighted by atomic mass is 19.1. The minimum Gasteiger partial charge on any atom is -0.354 e. The van der Waals surface area contributed by atoms with Crippen molar-refractivity contribution in [3.8, 4) is 0 Å². The average molecular weight is 306 g/mol. The SMILES string of the molecule is CCC(C(=O)N1CCCNC(=O)[C@@H]1CC)c1ccc(F)cc1. The molecule has 0 aromatic heterocycles. The third-order valence-electron chi connectivity index (χ3n) is 4.20. The van der Waals surface area contributed by atoms with Crippen molar-refractivity contribution in [2.75, 3.05) is 13.1 Å². The van der Waals surface area contributed by atoms with Crippen molar-refractivity contribution >= 4 is 11.8 Å². The molecule has 0 spiro atoms. The molecular weight excluding hydrogens is 283 g/mol. The van der Waals surface area contributed by atoms with Crippen LogP contribution >= 0.6 is 0 Å². The van der Waals surface area contributed by atoms with E-state index in [9.17, 15) is 14.0 Å². The molecule has 22 heavy (non-hydrogen) atoms. The Hall–Kier alpha value is -1.91. The van der Waals surface area contributed by atoms with Gasteiger partial charge in [0.15, 0.2) is 0 Å². The van der Waals surface area contributed by atoms with Gasteiger partial charge < -0.3 is 10.2 Å². The van der Waals surface area contributed by atoms with E-state index >= 15 is 0 Å². The summed E-state index contributed by atoms with van der Waals surface area (Å²) in [6.45, 7) is 5.03. The van der Waals surface area contributed by atoms with Gasteiger partial charge in [0.05, 0.1) is 5.92 Å². The molecule has 1 aromatic carbocycles. The molecule has 5 heteroatoms. The molecule has 1 aromatic rings. The van der Waals surface area contributed by atoms with Crippen LogP contribution in [0.4, 0.5) is 4.39 Å². The zero-order valence-corrected chi connectivity index (χ0v) is 13.1. The van der Waals surface area contributed by atoms with Gasteiger partial charge in [-0.15, -0.1) is 0 Å². The highest BCUT2D eigenvalue weighted by Crippen LogP contribution is 2.25. The Balaban J connectivity index is 2.25. The van der Waals surface area contributed by atoms with Crippen LogP contribution in [0, 0.1) is 5.82 Å². The van der Waals surface area contributed by atoms with Gasteiger partial charge in [0.25, 0.3) is 0 Å². The minimum atomic E-state index is -0.413. The van der Waals surface area contributed by atoms with E-state index < -0.39 is 6.04 Å². The summed E-state index contributed by atoms with van der Waals surface area (Å²) in [6, 6.07) is 5.64. The fraction of sp³-hybridized carbons (Fsp3) is 0.529. The van der Waals surface area contributed by atoms with Crippen LogP contribution in [0.2, 0.25) is 0 Å². The molecule has 2 rings (SSSR count). The summed E-state index contributed by atoms with van der Waals surface area (Å²) in [5.41, 5.74) is 0.799. The van der Waals surface area contributed by atoms with E-state index in [0.717, 1.165) is 12.0 Å². The minimum absolute atomic E-state index is 0.0435. The quantitative estimate of drug-likeness (QED) is 0.929. The molecule has 0 aliphatic carbocycles. The number of nitrogens with one attached hydrogen (secondary N) is 1. The Morgan fingerprint density at radius 1 is 1.36 bits per heavy atom. The molecule has 1 aliphatic heterocycles. The van der Waals surface area contributed by atoms with E-state index in [1.165, 1.54) is 12.1 Å². The first-order chi connectivity index (χ1) is 10.6. The summed E-state index contributed by atoms with van der Waals surface area (Å²) in [6.07, 6.45) is 1.98. The van der Waals surface area contributed by atoms with Gasteiger partial charge in [-0.3, -0.25) is 9.59 Å². The van der Waals surface area contributed by atoms with Crippen molar-refractivity contribution in [3.63, 3.8) is 0 Å². The summed E-state index contributed by atoms with van der Waals surface area (Å²) in [5.74, 6) is -0.771. The van der Waals surface area contributed by atoms with Gasteiger partial charge in [-0.25, -0.2) is 4.39 Å². The molecule has 120 valence electrons. The number of amides is 2. The van der Waals surface area contributed by atoms with Gasteiger partial charge in [-0.2, -0.15) is 0 Å². The van der Waals surface area contributed by atoms with Crippen molar-refractivity contribution in [1.82, 2.24) is 10.2 Å². The lowest BCUT2D eigenvalue weighted by molar-refractivity contribution is -0.140. The molecule has 1 saturated heterocycles. The van der Waals surface area contributed by atoms with Gasteiger partial charge in [-0.05, 0) is 37.0 Å². The number of carbonyl (C=O) groups is 2. The summed E-state index contributed by atoms with van der Waals surface area (Å²) < 4.78 is 13.1. The summed E-state index contributed by atoms with van der Waals surface area (Å²) >= 11 is 0. The van der Waals surface area contributed by atoms with Crippen LogP contribution in [0.5, 0.6) is 0 Å². The number of nitrogens with zero attached hydrogens (tertiary/aromatic N) is 1. The maximum absolute atomic E-state index is 13.1. The van der Waals surface area contributed by atoms with Crippen LogP contribution in [0.3, 0.4) is 0 Å². The van der Waals surface area contributed by atoms with E-state index in [1.54, 1.807) is 17.0 Å². The monoisotopic (exact) mass is 306 g/mol. The molecule has 0 bridgehead atoms. The number of halogens is 1. The Morgan fingerprint density at radius 2 is 2.05 bits per heavy atom. The molecular formula is C17H23FN2O2. The molecule has 2 atom stereocenters. The van der Waals surface area contributed by atoms with Gasteiger partial charge in [-0.1, -0.05) is 26.0 Å². The number of hydrogen-bond acceptors (Lipinski definition) is 2.